The van der Waals surface area contributed by atoms with Crippen LogP contribution >= 0.6 is 15.9 Å². The molecule has 1 heterocycles. The number of benzene rings is 1. The van der Waals surface area contributed by atoms with Crippen LogP contribution in [0.5, 0.6) is 5.75 Å². The third kappa shape index (κ3) is 4.42. The molecule has 0 fully saturated rings. The normalized spacial score (nSPS) is 12.0. The van der Waals surface area contributed by atoms with Gasteiger partial charge >= 0.3 is 0 Å². The highest BCUT2D eigenvalue weighted by atomic mass is 79.9. The van der Waals surface area contributed by atoms with Gasteiger partial charge in [-0.15, -0.1) is 0 Å². The van der Waals surface area contributed by atoms with Crippen molar-refractivity contribution in [1.29, 1.82) is 0 Å². The van der Waals surface area contributed by atoms with Crippen molar-refractivity contribution in [3.63, 3.8) is 0 Å². The average Bonchev–Trinajstić information content (AvgIpc) is 2.49. The predicted molar refractivity (Wildman–Crippen MR) is 90.1 cm³/mol. The molecule has 0 saturated heterocycles. The van der Waals surface area contributed by atoms with E-state index >= 15 is 0 Å². The monoisotopic (exact) mass is 365 g/mol. The molecule has 0 aliphatic carbocycles. The number of anilines is 1. The molecule has 0 saturated carbocycles. The van der Waals surface area contributed by atoms with Gasteiger partial charge in [-0.25, -0.2) is 9.97 Å². The Morgan fingerprint density at radius 1 is 1.36 bits per heavy atom. The fraction of sp³-hybridized carbons (Fsp3) is 0.375. The summed E-state index contributed by atoms with van der Waals surface area (Å²) in [4.78, 5) is 10.3. The molecule has 1 atom stereocenters. The molecule has 22 heavy (non-hydrogen) atoms. The molecule has 0 radical (unpaired) electrons. The van der Waals surface area contributed by atoms with Crippen LogP contribution in [0, 0.1) is 0 Å². The molecule has 0 bridgehead atoms. The Kier molecular flexibility index (Phi) is 6.15. The topological polar surface area (TPSA) is 58.5 Å². The maximum Gasteiger partial charge on any atom is 0.146 e. The third-order valence-corrected chi connectivity index (χ3v) is 3.63. The van der Waals surface area contributed by atoms with Crippen LogP contribution in [0.25, 0.3) is 0 Å². The summed E-state index contributed by atoms with van der Waals surface area (Å²) in [5.74, 6) is 1.60. The lowest BCUT2D eigenvalue weighted by molar-refractivity contribution is 0.199. The van der Waals surface area contributed by atoms with E-state index in [0.29, 0.717) is 19.7 Å². The fourth-order valence-corrected chi connectivity index (χ4v) is 2.69. The van der Waals surface area contributed by atoms with E-state index in [1.165, 1.54) is 6.33 Å². The molecular formula is C16H20BrN3O2. The summed E-state index contributed by atoms with van der Waals surface area (Å²) in [7, 11) is 0. The second kappa shape index (κ2) is 8.10. The van der Waals surface area contributed by atoms with E-state index in [1.807, 2.05) is 36.1 Å². The highest BCUT2D eigenvalue weighted by molar-refractivity contribution is 9.10. The minimum atomic E-state index is -0.471. The lowest BCUT2D eigenvalue weighted by Crippen LogP contribution is -2.31. The maximum atomic E-state index is 9.79. The molecule has 0 unspecified atom stereocenters. The third-order valence-electron chi connectivity index (χ3n) is 3.07. The fourth-order valence-electron chi connectivity index (χ4n) is 2.22. The molecule has 1 aromatic carbocycles. The van der Waals surface area contributed by atoms with Gasteiger partial charge in [-0.3, -0.25) is 0 Å². The first-order chi connectivity index (χ1) is 10.6. The average molecular weight is 366 g/mol. The molecule has 5 nitrogen and oxygen atoms in total. The lowest BCUT2D eigenvalue weighted by atomic mass is 10.1. The van der Waals surface area contributed by atoms with Crippen LogP contribution in [0.4, 0.5) is 5.82 Å². The molecule has 0 spiro atoms. The number of aliphatic hydroxyl groups is 1. The summed E-state index contributed by atoms with van der Waals surface area (Å²) in [5.41, 5.74) is 1.05. The van der Waals surface area contributed by atoms with Crippen LogP contribution in [-0.2, 0) is 6.54 Å². The van der Waals surface area contributed by atoms with E-state index in [-0.39, 0.29) is 0 Å². The van der Waals surface area contributed by atoms with Gasteiger partial charge in [-0.2, -0.15) is 0 Å². The van der Waals surface area contributed by atoms with E-state index in [9.17, 15) is 5.11 Å². The molecular weight excluding hydrogens is 346 g/mol. The zero-order valence-corrected chi connectivity index (χ0v) is 14.3. The number of halogens is 1. The van der Waals surface area contributed by atoms with E-state index in [0.717, 1.165) is 21.6 Å². The minimum Gasteiger partial charge on any atom is -0.494 e. The largest absolute Gasteiger partial charge is 0.494 e. The number of hydrogen-bond acceptors (Lipinski definition) is 5. The van der Waals surface area contributed by atoms with Gasteiger partial charge in [0.05, 0.1) is 17.2 Å². The zero-order valence-electron chi connectivity index (χ0n) is 12.7. The number of para-hydroxylation sites is 1. The Hall–Kier alpha value is -1.66. The van der Waals surface area contributed by atoms with Gasteiger partial charge in [0, 0.05) is 24.8 Å². The van der Waals surface area contributed by atoms with Gasteiger partial charge in [-0.05, 0) is 35.8 Å². The number of hydrogen-bond donors (Lipinski definition) is 1. The molecule has 1 aromatic heterocycles. The zero-order chi connectivity index (χ0) is 15.9. The molecule has 6 heteroatoms. The van der Waals surface area contributed by atoms with Gasteiger partial charge in [0.2, 0.25) is 0 Å². The van der Waals surface area contributed by atoms with Crippen LogP contribution in [0.15, 0.2) is 41.3 Å². The van der Waals surface area contributed by atoms with Gasteiger partial charge in [0.15, 0.2) is 0 Å². The predicted octanol–water partition coefficient (Wildman–Crippen LogP) is 3.03. The van der Waals surface area contributed by atoms with Crippen LogP contribution in [0.3, 0.4) is 0 Å². The first-order valence-corrected chi connectivity index (χ1v) is 8.00. The Balaban J connectivity index is 2.30. The van der Waals surface area contributed by atoms with Crippen molar-refractivity contribution in [2.24, 2.45) is 0 Å². The number of ether oxygens (including phenoxy) is 1. The molecule has 0 aliphatic rings. The van der Waals surface area contributed by atoms with Crippen molar-refractivity contribution in [2.45, 2.75) is 26.5 Å². The highest BCUT2D eigenvalue weighted by Crippen LogP contribution is 2.27. The number of nitrogens with zero attached hydrogens (tertiary/aromatic N) is 3. The molecule has 0 amide bonds. The first kappa shape index (κ1) is 16.7. The summed E-state index contributed by atoms with van der Waals surface area (Å²) in [5, 5.41) is 9.79. The van der Waals surface area contributed by atoms with Crippen LogP contribution < -0.4 is 9.64 Å². The van der Waals surface area contributed by atoms with Crippen molar-refractivity contribution in [1.82, 2.24) is 9.97 Å². The summed E-state index contributed by atoms with van der Waals surface area (Å²) < 4.78 is 6.47. The van der Waals surface area contributed by atoms with Crippen molar-refractivity contribution in [2.75, 3.05) is 18.1 Å². The summed E-state index contributed by atoms with van der Waals surface area (Å²) in [6.07, 6.45) is 2.73. The van der Waals surface area contributed by atoms with E-state index in [1.54, 1.807) is 13.1 Å². The van der Waals surface area contributed by atoms with Crippen molar-refractivity contribution >= 4 is 21.7 Å². The molecule has 0 aliphatic heterocycles. The summed E-state index contributed by atoms with van der Waals surface area (Å²) >= 11 is 3.47. The van der Waals surface area contributed by atoms with E-state index in [2.05, 4.69) is 25.9 Å². The van der Waals surface area contributed by atoms with E-state index < -0.39 is 6.10 Å². The standard InChI is InChI=1S/C16H20BrN3O2/c1-3-22-15-7-5-4-6-13(15)10-20(9-12(2)21)16-14(17)8-18-11-19-16/h4-8,11-12,21H,3,9-10H2,1-2H3/t12-/m1/s1. The van der Waals surface area contributed by atoms with Crippen LogP contribution in [-0.4, -0.2) is 34.3 Å². The second-order valence-electron chi connectivity index (χ2n) is 4.96. The molecule has 118 valence electrons. The molecule has 1 N–H and O–H groups in total. The molecule has 2 aromatic rings. The van der Waals surface area contributed by atoms with E-state index in [4.69, 9.17) is 4.74 Å². The Morgan fingerprint density at radius 2 is 2.14 bits per heavy atom. The Morgan fingerprint density at radius 3 is 2.82 bits per heavy atom. The Bertz CT molecular complexity index is 607. The smallest absolute Gasteiger partial charge is 0.146 e. The quantitative estimate of drug-likeness (QED) is 0.816. The van der Waals surface area contributed by atoms with Crippen LogP contribution in [0.2, 0.25) is 0 Å². The van der Waals surface area contributed by atoms with Crippen LogP contribution in [0.1, 0.15) is 19.4 Å². The van der Waals surface area contributed by atoms with Crippen molar-refractivity contribution in [3.05, 3.63) is 46.8 Å². The van der Waals surface area contributed by atoms with Gasteiger partial charge in [0.1, 0.15) is 17.9 Å². The number of aliphatic hydroxyl groups excluding tert-OH is 1. The second-order valence-corrected chi connectivity index (χ2v) is 5.82. The van der Waals surface area contributed by atoms with Gasteiger partial charge in [0.25, 0.3) is 0 Å². The minimum absolute atomic E-state index is 0.468. The SMILES string of the molecule is CCOc1ccccc1CN(C[C@@H](C)O)c1ncncc1Br. The summed E-state index contributed by atoms with van der Waals surface area (Å²) in [6, 6.07) is 7.91. The lowest BCUT2D eigenvalue weighted by Gasteiger charge is -2.26. The van der Waals surface area contributed by atoms with Gasteiger partial charge < -0.3 is 14.7 Å². The van der Waals surface area contributed by atoms with Gasteiger partial charge in [-0.1, -0.05) is 18.2 Å². The highest BCUT2D eigenvalue weighted by Gasteiger charge is 2.16. The summed E-state index contributed by atoms with van der Waals surface area (Å²) in [6.45, 7) is 5.40. The molecule has 2 rings (SSSR count). The number of rotatable bonds is 7. The van der Waals surface area contributed by atoms with Crippen molar-refractivity contribution < 1.29 is 9.84 Å². The number of aromatic nitrogens is 2. The van der Waals surface area contributed by atoms with Crippen molar-refractivity contribution in [3.8, 4) is 5.75 Å². The first-order valence-electron chi connectivity index (χ1n) is 7.21. The maximum absolute atomic E-state index is 9.79. The Labute approximate surface area is 139 Å².